The van der Waals surface area contributed by atoms with Crippen molar-refractivity contribution in [2.75, 3.05) is 6.61 Å². The molecule has 1 saturated heterocycles. The van der Waals surface area contributed by atoms with Crippen molar-refractivity contribution in [3.8, 4) is 23.0 Å². The van der Waals surface area contributed by atoms with Crippen LogP contribution in [0, 0.1) is 0 Å². The molecule has 0 bridgehead atoms. The fourth-order valence-electron chi connectivity index (χ4n) is 3.39. The number of hydrogen-bond donors (Lipinski definition) is 7. The molecule has 2 aromatic carbocycles. The SMILES string of the molecule is O=c1c2c(O)cc(O)cc2oc2c(O[C@H]3O[C@H](CO)[C@H](O)[C@@H](O)[C@H]3O)ccc(O)c12. The Balaban J connectivity index is 1.86. The molecule has 11 nitrogen and oxygen atoms in total. The maximum atomic E-state index is 12.8. The molecule has 2 heterocycles. The number of aliphatic hydroxyl groups excluding tert-OH is 4. The van der Waals surface area contributed by atoms with Gasteiger partial charge in [-0.05, 0) is 12.1 Å². The van der Waals surface area contributed by atoms with Crippen molar-refractivity contribution in [1.29, 1.82) is 0 Å². The van der Waals surface area contributed by atoms with E-state index in [9.17, 15) is 40.5 Å². The highest BCUT2D eigenvalue weighted by Crippen LogP contribution is 2.37. The summed E-state index contributed by atoms with van der Waals surface area (Å²) >= 11 is 0. The summed E-state index contributed by atoms with van der Waals surface area (Å²) in [6.07, 6.45) is -7.78. The maximum Gasteiger partial charge on any atom is 0.229 e. The van der Waals surface area contributed by atoms with Crippen molar-refractivity contribution in [2.45, 2.75) is 30.7 Å². The van der Waals surface area contributed by atoms with E-state index in [1.807, 2.05) is 0 Å². The molecule has 0 amide bonds. The zero-order chi connectivity index (χ0) is 21.7. The van der Waals surface area contributed by atoms with Gasteiger partial charge in [0.2, 0.25) is 11.7 Å². The summed E-state index contributed by atoms with van der Waals surface area (Å²) in [5, 5.41) is 68.4. The first-order valence-electron chi connectivity index (χ1n) is 8.84. The molecule has 0 spiro atoms. The Hall–Kier alpha value is -3.09. The molecule has 0 aliphatic carbocycles. The van der Waals surface area contributed by atoms with Crippen LogP contribution in [-0.2, 0) is 4.74 Å². The lowest BCUT2D eigenvalue weighted by atomic mass is 9.99. The van der Waals surface area contributed by atoms with Crippen molar-refractivity contribution in [2.24, 2.45) is 0 Å². The Morgan fingerprint density at radius 3 is 2.37 bits per heavy atom. The van der Waals surface area contributed by atoms with Gasteiger partial charge in [0.1, 0.15) is 58.0 Å². The standard InChI is InChI=1S/C19H18O11/c20-5-11-14(24)16(26)17(27)19(30-11)29-9-2-1-7(22)13-15(25)12-8(23)3-6(21)4-10(12)28-18(9)13/h1-4,11,14,16-17,19-24,26-27H,5H2/t11-,14+,16-,17-,19+/m1/s1. The topological polar surface area (TPSA) is 190 Å². The molecule has 5 atom stereocenters. The van der Waals surface area contributed by atoms with Crippen LogP contribution >= 0.6 is 0 Å². The molecule has 0 saturated carbocycles. The lowest BCUT2D eigenvalue weighted by Crippen LogP contribution is -2.60. The fourth-order valence-corrected chi connectivity index (χ4v) is 3.39. The summed E-state index contributed by atoms with van der Waals surface area (Å²) in [7, 11) is 0. The van der Waals surface area contributed by atoms with Crippen molar-refractivity contribution in [3.05, 3.63) is 34.5 Å². The molecule has 0 radical (unpaired) electrons. The van der Waals surface area contributed by atoms with Gasteiger partial charge in [-0.15, -0.1) is 0 Å². The molecule has 7 N–H and O–H groups in total. The van der Waals surface area contributed by atoms with E-state index in [1.165, 1.54) is 6.07 Å². The predicted octanol–water partition coefficient (Wildman–Crippen LogP) is -0.758. The highest BCUT2D eigenvalue weighted by atomic mass is 16.7. The summed E-state index contributed by atoms with van der Waals surface area (Å²) in [5.41, 5.74) is -1.29. The summed E-state index contributed by atoms with van der Waals surface area (Å²) in [4.78, 5) is 12.8. The number of rotatable bonds is 3. The highest BCUT2D eigenvalue weighted by Gasteiger charge is 2.45. The van der Waals surface area contributed by atoms with E-state index in [1.54, 1.807) is 0 Å². The first kappa shape index (κ1) is 20.2. The number of hydrogen-bond acceptors (Lipinski definition) is 11. The molecule has 1 aliphatic heterocycles. The second-order valence-electron chi connectivity index (χ2n) is 6.87. The summed E-state index contributed by atoms with van der Waals surface area (Å²) in [6, 6.07) is 4.34. The molecule has 4 rings (SSSR count). The van der Waals surface area contributed by atoms with Crippen LogP contribution in [0.25, 0.3) is 21.9 Å². The number of ether oxygens (including phenoxy) is 2. The molecule has 3 aromatic rings. The quantitative estimate of drug-likeness (QED) is 0.263. The van der Waals surface area contributed by atoms with E-state index in [4.69, 9.17) is 13.9 Å². The number of phenolic OH excluding ortho intramolecular Hbond substituents is 3. The van der Waals surface area contributed by atoms with Crippen molar-refractivity contribution in [1.82, 2.24) is 0 Å². The molecule has 1 aliphatic rings. The zero-order valence-electron chi connectivity index (χ0n) is 15.2. The minimum atomic E-state index is -1.72. The van der Waals surface area contributed by atoms with Crippen LogP contribution in [0.15, 0.2) is 33.5 Å². The van der Waals surface area contributed by atoms with Gasteiger partial charge in [0.15, 0.2) is 11.3 Å². The number of benzene rings is 2. The zero-order valence-corrected chi connectivity index (χ0v) is 15.2. The lowest BCUT2D eigenvalue weighted by molar-refractivity contribution is -0.277. The van der Waals surface area contributed by atoms with Gasteiger partial charge in [-0.2, -0.15) is 0 Å². The first-order chi connectivity index (χ1) is 14.2. The van der Waals surface area contributed by atoms with Crippen molar-refractivity contribution >= 4 is 21.9 Å². The summed E-state index contributed by atoms with van der Waals surface area (Å²) in [5.74, 6) is -1.59. The van der Waals surface area contributed by atoms with Crippen LogP contribution < -0.4 is 10.2 Å². The second-order valence-corrected chi connectivity index (χ2v) is 6.87. The minimum Gasteiger partial charge on any atom is -0.508 e. The van der Waals surface area contributed by atoms with Crippen LogP contribution in [0.3, 0.4) is 0 Å². The Morgan fingerprint density at radius 2 is 1.67 bits per heavy atom. The average Bonchev–Trinajstić information content (AvgIpc) is 2.69. The molecule has 30 heavy (non-hydrogen) atoms. The molecule has 160 valence electrons. The molecule has 1 fully saturated rings. The third kappa shape index (κ3) is 3.09. The van der Waals surface area contributed by atoms with Crippen molar-refractivity contribution < 1.29 is 49.6 Å². The maximum absolute atomic E-state index is 12.8. The molecular formula is C19H18O11. The first-order valence-corrected chi connectivity index (χ1v) is 8.84. The Morgan fingerprint density at radius 1 is 0.933 bits per heavy atom. The molecular weight excluding hydrogens is 404 g/mol. The van der Waals surface area contributed by atoms with Crippen LogP contribution in [0.2, 0.25) is 0 Å². The van der Waals surface area contributed by atoms with Crippen LogP contribution in [0.1, 0.15) is 0 Å². The third-order valence-electron chi connectivity index (χ3n) is 4.92. The van der Waals surface area contributed by atoms with Crippen molar-refractivity contribution in [3.63, 3.8) is 0 Å². The van der Waals surface area contributed by atoms with E-state index >= 15 is 0 Å². The lowest BCUT2D eigenvalue weighted by Gasteiger charge is -2.39. The largest absolute Gasteiger partial charge is 0.508 e. The fraction of sp³-hybridized carbons (Fsp3) is 0.316. The Labute approximate surface area is 167 Å². The van der Waals surface area contributed by atoms with Gasteiger partial charge in [0, 0.05) is 12.1 Å². The predicted molar refractivity (Wildman–Crippen MR) is 99.4 cm³/mol. The smallest absolute Gasteiger partial charge is 0.229 e. The van der Waals surface area contributed by atoms with Crippen LogP contribution in [-0.4, -0.2) is 73.1 Å². The normalized spacial score (nSPS) is 26.9. The average molecular weight is 422 g/mol. The van der Waals surface area contributed by atoms with Gasteiger partial charge in [-0.25, -0.2) is 0 Å². The van der Waals surface area contributed by atoms with E-state index in [0.717, 1.165) is 18.2 Å². The van der Waals surface area contributed by atoms with Gasteiger partial charge in [0.25, 0.3) is 0 Å². The van der Waals surface area contributed by atoms with Crippen LogP contribution in [0.4, 0.5) is 0 Å². The molecule has 0 unspecified atom stereocenters. The van der Waals surface area contributed by atoms with E-state index in [0.29, 0.717) is 0 Å². The molecule has 1 aromatic heterocycles. The second kappa shape index (κ2) is 7.31. The minimum absolute atomic E-state index is 0.186. The third-order valence-corrected chi connectivity index (χ3v) is 4.92. The monoisotopic (exact) mass is 422 g/mol. The number of phenols is 3. The highest BCUT2D eigenvalue weighted by molar-refractivity contribution is 5.98. The van der Waals surface area contributed by atoms with Crippen LogP contribution in [0.5, 0.6) is 23.0 Å². The summed E-state index contributed by atoms with van der Waals surface area (Å²) < 4.78 is 16.4. The van der Waals surface area contributed by atoms with Gasteiger partial charge in [0.05, 0.1) is 6.61 Å². The van der Waals surface area contributed by atoms with E-state index in [-0.39, 0.29) is 33.4 Å². The summed E-state index contributed by atoms with van der Waals surface area (Å²) in [6.45, 7) is -0.667. The number of aliphatic hydroxyl groups is 4. The van der Waals surface area contributed by atoms with E-state index < -0.39 is 54.2 Å². The number of fused-ring (bicyclic) bond motifs is 2. The molecule has 11 heteroatoms. The Kier molecular flexibility index (Phi) is 4.92. The van der Waals surface area contributed by atoms with E-state index in [2.05, 4.69) is 0 Å². The number of aromatic hydroxyl groups is 3. The van der Waals surface area contributed by atoms with Gasteiger partial charge < -0.3 is 49.6 Å². The van der Waals surface area contributed by atoms with Gasteiger partial charge in [-0.1, -0.05) is 0 Å². The van der Waals surface area contributed by atoms with Gasteiger partial charge >= 0.3 is 0 Å². The Bertz CT molecular complexity index is 1170. The van der Waals surface area contributed by atoms with Gasteiger partial charge in [-0.3, -0.25) is 4.79 Å².